The van der Waals surface area contributed by atoms with Crippen LogP contribution in [0.25, 0.3) is 0 Å². The van der Waals surface area contributed by atoms with Gasteiger partial charge >= 0.3 is 11.9 Å². The van der Waals surface area contributed by atoms with Crippen molar-refractivity contribution in [3.63, 3.8) is 0 Å². The highest BCUT2D eigenvalue weighted by molar-refractivity contribution is 6.30. The van der Waals surface area contributed by atoms with Gasteiger partial charge in [-0.1, -0.05) is 11.6 Å². The zero-order valence-corrected chi connectivity index (χ0v) is 14.1. The predicted molar refractivity (Wildman–Crippen MR) is 84.8 cm³/mol. The topological polar surface area (TPSA) is 117 Å². The van der Waals surface area contributed by atoms with Crippen LogP contribution in [0, 0.1) is 0 Å². The van der Waals surface area contributed by atoms with E-state index in [1.807, 2.05) is 0 Å². The minimum atomic E-state index is -1.48. The minimum absolute atomic E-state index is 0.0224. The standard InChI is InChI=1S/C15H19ClN2O6/c1-15(2,14(21)23-9-22-12(19)7-8-17)24-18-13(20)10-3-5-11(16)6-4-10/h3-6H,7-9,17H2,1-2H3,(H,18,20). The molecule has 0 fully saturated rings. The van der Waals surface area contributed by atoms with Crippen LogP contribution in [0.3, 0.4) is 0 Å². The fraction of sp³-hybridized carbons (Fsp3) is 0.400. The van der Waals surface area contributed by atoms with Gasteiger partial charge in [-0.05, 0) is 38.1 Å². The third kappa shape index (κ3) is 6.53. The van der Waals surface area contributed by atoms with Gasteiger partial charge in [0.1, 0.15) is 0 Å². The molecule has 132 valence electrons. The molecule has 24 heavy (non-hydrogen) atoms. The van der Waals surface area contributed by atoms with Crippen LogP contribution in [0.15, 0.2) is 24.3 Å². The van der Waals surface area contributed by atoms with Crippen molar-refractivity contribution >= 4 is 29.4 Å². The van der Waals surface area contributed by atoms with Gasteiger partial charge in [0.05, 0.1) is 6.42 Å². The number of amides is 1. The van der Waals surface area contributed by atoms with E-state index in [1.54, 1.807) is 12.1 Å². The SMILES string of the molecule is CC(C)(ONC(=O)c1ccc(Cl)cc1)C(=O)OCOC(=O)CCN. The Morgan fingerprint density at radius 3 is 2.38 bits per heavy atom. The molecule has 0 bridgehead atoms. The number of ether oxygens (including phenoxy) is 2. The lowest BCUT2D eigenvalue weighted by atomic mass is 10.1. The Morgan fingerprint density at radius 1 is 1.17 bits per heavy atom. The van der Waals surface area contributed by atoms with Gasteiger partial charge in [0.25, 0.3) is 5.91 Å². The van der Waals surface area contributed by atoms with Crippen molar-refractivity contribution in [3.05, 3.63) is 34.9 Å². The molecule has 0 aromatic heterocycles. The second kappa shape index (κ2) is 9.21. The van der Waals surface area contributed by atoms with Crippen LogP contribution in [0.5, 0.6) is 0 Å². The number of esters is 2. The zero-order chi connectivity index (χ0) is 18.2. The zero-order valence-electron chi connectivity index (χ0n) is 13.3. The van der Waals surface area contributed by atoms with Gasteiger partial charge in [-0.25, -0.2) is 10.3 Å². The first-order valence-electron chi connectivity index (χ1n) is 7.03. The Bertz CT molecular complexity index is 588. The molecule has 1 aromatic rings. The van der Waals surface area contributed by atoms with E-state index < -0.39 is 30.2 Å². The summed E-state index contributed by atoms with van der Waals surface area (Å²) in [6.45, 7) is 2.35. The van der Waals surface area contributed by atoms with E-state index in [4.69, 9.17) is 26.9 Å². The van der Waals surface area contributed by atoms with Gasteiger partial charge < -0.3 is 15.2 Å². The maximum Gasteiger partial charge on any atom is 0.343 e. The van der Waals surface area contributed by atoms with E-state index in [0.717, 1.165) is 0 Å². The van der Waals surface area contributed by atoms with E-state index >= 15 is 0 Å². The summed E-state index contributed by atoms with van der Waals surface area (Å²) >= 11 is 5.73. The molecular weight excluding hydrogens is 340 g/mol. The number of hydroxylamine groups is 1. The Labute approximate surface area is 144 Å². The highest BCUT2D eigenvalue weighted by Crippen LogP contribution is 2.12. The summed E-state index contributed by atoms with van der Waals surface area (Å²) in [5, 5.41) is 0.487. The summed E-state index contributed by atoms with van der Waals surface area (Å²) < 4.78 is 9.40. The van der Waals surface area contributed by atoms with Crippen LogP contribution in [0.4, 0.5) is 0 Å². The maximum atomic E-state index is 11.9. The van der Waals surface area contributed by atoms with Gasteiger partial charge in [-0.15, -0.1) is 0 Å². The van der Waals surface area contributed by atoms with Crippen LogP contribution in [0.1, 0.15) is 30.6 Å². The third-order valence-corrected chi connectivity index (χ3v) is 3.01. The van der Waals surface area contributed by atoms with Crippen molar-refractivity contribution in [1.29, 1.82) is 0 Å². The second-order valence-electron chi connectivity index (χ2n) is 5.16. The van der Waals surface area contributed by atoms with Crippen LogP contribution >= 0.6 is 11.6 Å². The van der Waals surface area contributed by atoms with E-state index in [2.05, 4.69) is 10.2 Å². The molecule has 0 aliphatic carbocycles. The van der Waals surface area contributed by atoms with Gasteiger partial charge in [-0.2, -0.15) is 0 Å². The van der Waals surface area contributed by atoms with Crippen molar-refractivity contribution < 1.29 is 28.7 Å². The monoisotopic (exact) mass is 358 g/mol. The smallest absolute Gasteiger partial charge is 0.343 e. The van der Waals surface area contributed by atoms with Gasteiger partial charge in [-0.3, -0.25) is 14.4 Å². The van der Waals surface area contributed by atoms with Crippen molar-refractivity contribution in [1.82, 2.24) is 5.48 Å². The molecule has 0 unspecified atom stereocenters. The number of halogens is 1. The minimum Gasteiger partial charge on any atom is -0.428 e. The summed E-state index contributed by atoms with van der Waals surface area (Å²) in [6.07, 6.45) is 0.0224. The highest BCUT2D eigenvalue weighted by Gasteiger charge is 2.32. The molecule has 1 rings (SSSR count). The summed E-state index contributed by atoms with van der Waals surface area (Å²) in [4.78, 5) is 39.9. The van der Waals surface area contributed by atoms with Crippen LogP contribution < -0.4 is 11.2 Å². The first-order chi connectivity index (χ1) is 11.3. The Kier molecular flexibility index (Phi) is 7.63. The van der Waals surface area contributed by atoms with Crippen LogP contribution in [0.2, 0.25) is 5.02 Å². The first-order valence-corrected chi connectivity index (χ1v) is 7.41. The lowest BCUT2D eigenvalue weighted by Gasteiger charge is -2.22. The fourth-order valence-electron chi connectivity index (χ4n) is 1.39. The Balaban J connectivity index is 2.44. The number of nitrogens with two attached hydrogens (primary N) is 1. The summed E-state index contributed by atoms with van der Waals surface area (Å²) in [7, 11) is 0. The van der Waals surface area contributed by atoms with Gasteiger partial charge in [0.15, 0.2) is 5.60 Å². The maximum absolute atomic E-state index is 11.9. The number of carbonyl (C=O) groups is 3. The number of hydrogen-bond donors (Lipinski definition) is 2. The molecule has 0 spiro atoms. The average molecular weight is 359 g/mol. The number of hydrogen-bond acceptors (Lipinski definition) is 7. The van der Waals surface area contributed by atoms with Crippen molar-refractivity contribution in [3.8, 4) is 0 Å². The molecule has 1 aromatic carbocycles. The molecule has 8 nitrogen and oxygen atoms in total. The quantitative estimate of drug-likeness (QED) is 0.407. The molecule has 0 atom stereocenters. The summed E-state index contributed by atoms with van der Waals surface area (Å²) in [5.41, 5.74) is 6.15. The fourth-order valence-corrected chi connectivity index (χ4v) is 1.51. The molecule has 0 saturated heterocycles. The number of rotatable bonds is 8. The van der Waals surface area contributed by atoms with Gasteiger partial charge in [0.2, 0.25) is 6.79 Å². The van der Waals surface area contributed by atoms with Gasteiger partial charge in [0, 0.05) is 17.1 Å². The summed E-state index contributed by atoms with van der Waals surface area (Å²) in [6, 6.07) is 6.10. The molecule has 1 amide bonds. The molecule has 0 heterocycles. The molecule has 0 saturated carbocycles. The van der Waals surface area contributed by atoms with Crippen molar-refractivity contribution in [2.45, 2.75) is 25.9 Å². The molecule has 9 heteroatoms. The lowest BCUT2D eigenvalue weighted by Crippen LogP contribution is -2.43. The average Bonchev–Trinajstić information content (AvgIpc) is 2.53. The molecule has 0 radical (unpaired) electrons. The Hall–Kier alpha value is -2.16. The van der Waals surface area contributed by atoms with E-state index in [-0.39, 0.29) is 13.0 Å². The number of benzene rings is 1. The summed E-state index contributed by atoms with van der Waals surface area (Å²) in [5.74, 6) is -1.96. The molecular formula is C15H19ClN2O6. The first kappa shape index (κ1) is 19.9. The van der Waals surface area contributed by atoms with Crippen molar-refractivity contribution in [2.24, 2.45) is 5.73 Å². The molecule has 0 aliphatic rings. The van der Waals surface area contributed by atoms with E-state index in [9.17, 15) is 14.4 Å². The van der Waals surface area contributed by atoms with Crippen molar-refractivity contribution in [2.75, 3.05) is 13.3 Å². The normalized spacial score (nSPS) is 10.8. The number of nitrogens with one attached hydrogen (secondary N) is 1. The van der Waals surface area contributed by atoms with E-state index in [1.165, 1.54) is 26.0 Å². The highest BCUT2D eigenvalue weighted by atomic mass is 35.5. The third-order valence-electron chi connectivity index (χ3n) is 2.76. The lowest BCUT2D eigenvalue weighted by molar-refractivity contribution is -0.188. The van der Waals surface area contributed by atoms with E-state index in [0.29, 0.717) is 10.6 Å². The van der Waals surface area contributed by atoms with Crippen LogP contribution in [-0.4, -0.2) is 36.8 Å². The predicted octanol–water partition coefficient (Wildman–Crippen LogP) is 1.17. The molecule has 0 aliphatic heterocycles. The largest absolute Gasteiger partial charge is 0.428 e. The molecule has 3 N–H and O–H groups in total. The van der Waals surface area contributed by atoms with Crippen LogP contribution in [-0.2, 0) is 23.9 Å². The Morgan fingerprint density at radius 2 is 1.79 bits per heavy atom. The number of carbonyl (C=O) groups excluding carboxylic acids is 3. The second-order valence-corrected chi connectivity index (χ2v) is 5.59.